The highest BCUT2D eigenvalue weighted by Crippen LogP contribution is 2.45. The molecule has 10 nitrogen and oxygen atoms in total. The Hall–Kier alpha value is -5.12. The molecule has 2 N–H and O–H groups in total. The highest BCUT2D eigenvalue weighted by molar-refractivity contribution is 7.16. The predicted molar refractivity (Wildman–Crippen MR) is 215 cm³/mol. The third kappa shape index (κ3) is 7.99. The highest BCUT2D eigenvalue weighted by atomic mass is 32.1. The van der Waals surface area contributed by atoms with Crippen LogP contribution in [0.2, 0.25) is 0 Å². The Balaban J connectivity index is 1.13. The van der Waals surface area contributed by atoms with Gasteiger partial charge in [0.1, 0.15) is 11.4 Å². The molecule has 0 radical (unpaired) electrons. The average molecular weight is 817 g/mol. The Bertz CT molecular complexity index is 2290. The monoisotopic (exact) mass is 816 g/mol. The summed E-state index contributed by atoms with van der Waals surface area (Å²) in [4.78, 5) is 31.1. The van der Waals surface area contributed by atoms with Gasteiger partial charge in [0.15, 0.2) is 16.7 Å². The summed E-state index contributed by atoms with van der Waals surface area (Å²) >= 11 is 1.34. The number of benzene rings is 3. The van der Waals surface area contributed by atoms with Crippen LogP contribution in [0.15, 0.2) is 60.9 Å². The Morgan fingerprint density at radius 2 is 1.84 bits per heavy atom. The minimum atomic E-state index is -4.85. The van der Waals surface area contributed by atoms with Crippen molar-refractivity contribution < 1.29 is 36.9 Å². The van der Waals surface area contributed by atoms with E-state index in [0.717, 1.165) is 66.4 Å². The van der Waals surface area contributed by atoms with Crippen molar-refractivity contribution in [1.82, 2.24) is 19.9 Å². The fourth-order valence-electron chi connectivity index (χ4n) is 8.50. The van der Waals surface area contributed by atoms with E-state index in [4.69, 9.17) is 24.4 Å². The molecule has 3 aromatic carbocycles. The molecule has 2 saturated heterocycles. The quantitative estimate of drug-likeness (QED) is 0.110. The number of methoxy groups -OCH3 is 1. The topological polar surface area (TPSA) is 113 Å². The van der Waals surface area contributed by atoms with Gasteiger partial charge in [0, 0.05) is 54.8 Å². The number of fused-ring (bicyclic) bond motifs is 3. The summed E-state index contributed by atoms with van der Waals surface area (Å²) in [5, 5.41) is 13.4. The number of ether oxygens (including phenoxy) is 2. The van der Waals surface area contributed by atoms with Gasteiger partial charge in [0.2, 0.25) is 0 Å². The number of likely N-dealkylation sites (tertiary alicyclic amines) is 1. The molecule has 2 fully saturated rings. The molecule has 4 heterocycles. The van der Waals surface area contributed by atoms with E-state index in [1.165, 1.54) is 16.9 Å². The number of carbonyl (C=O) groups is 1. The van der Waals surface area contributed by atoms with Crippen LogP contribution in [0.4, 0.5) is 28.5 Å². The summed E-state index contributed by atoms with van der Waals surface area (Å²) in [5.41, 5.74) is 6.25. The second-order valence-electron chi connectivity index (χ2n) is 14.9. The third-order valence-corrected chi connectivity index (χ3v) is 12.4. The van der Waals surface area contributed by atoms with Crippen LogP contribution < -0.4 is 15.0 Å². The van der Waals surface area contributed by atoms with Gasteiger partial charge >= 0.3 is 12.1 Å². The number of rotatable bonds is 13. The van der Waals surface area contributed by atoms with Crippen molar-refractivity contribution in [2.45, 2.75) is 64.3 Å². The number of nitrogens with one attached hydrogen (secondary N) is 1. The number of thiazole rings is 1. The molecule has 58 heavy (non-hydrogen) atoms. The number of hydrogen-bond donors (Lipinski definition) is 2. The van der Waals surface area contributed by atoms with E-state index in [9.17, 15) is 23.1 Å². The van der Waals surface area contributed by atoms with Gasteiger partial charge in [-0.1, -0.05) is 36.4 Å². The number of hydrogen-bond acceptors (Lipinski definition) is 10. The maximum atomic E-state index is 15.3. The molecule has 5 aromatic rings. The van der Waals surface area contributed by atoms with E-state index in [-0.39, 0.29) is 23.2 Å². The first-order valence-electron chi connectivity index (χ1n) is 19.6. The van der Waals surface area contributed by atoms with E-state index >= 15 is 4.39 Å². The van der Waals surface area contributed by atoms with Crippen molar-refractivity contribution >= 4 is 28.3 Å². The van der Waals surface area contributed by atoms with Crippen LogP contribution in [0, 0.1) is 11.7 Å². The first kappa shape index (κ1) is 39.7. The first-order valence-corrected chi connectivity index (χ1v) is 20.4. The molecule has 0 bridgehead atoms. The average Bonchev–Trinajstić information content (AvgIpc) is 3.95. The largest absolute Gasteiger partial charge is 0.493 e. The molecule has 15 heteroatoms. The molecule has 2 aromatic heterocycles. The molecule has 2 aliphatic heterocycles. The number of halogens is 4. The lowest BCUT2D eigenvalue weighted by atomic mass is 9.94. The Morgan fingerprint density at radius 1 is 1.03 bits per heavy atom. The van der Waals surface area contributed by atoms with Crippen molar-refractivity contribution in [3.8, 4) is 39.4 Å². The van der Waals surface area contributed by atoms with Gasteiger partial charge in [0.25, 0.3) is 0 Å². The first-order chi connectivity index (χ1) is 28.0. The summed E-state index contributed by atoms with van der Waals surface area (Å²) in [7, 11) is 1.02. The molecule has 3 aliphatic rings. The lowest BCUT2D eigenvalue weighted by molar-refractivity contribution is -0.142. The Kier molecular flexibility index (Phi) is 11.4. The van der Waals surface area contributed by atoms with Crippen molar-refractivity contribution in [3.05, 3.63) is 93.9 Å². The van der Waals surface area contributed by atoms with Gasteiger partial charge in [-0.25, -0.2) is 14.4 Å². The molecule has 0 amide bonds. The summed E-state index contributed by atoms with van der Waals surface area (Å²) in [5.74, 6) is -2.40. The standard InChI is InChI=1S/C43H44F4N6O4S/c1-3-57-24-29-8-6-14-53(29)23-36-39(28-18-33(43(45,46)47)40(56-2)34(44)19-28)51-42(58-36)50-20-27-10-11-31-30-9-5-4-7-26(30)17-32(31)38(27)35-21-49-37(22-48-35)52-15-12-25(13-16-52)41(54)55/h4-5,7,9-11,18-19,21-22,25,29H,3,6,8,12-17,20,23-24H2,1-2H3,(H,50,51)(H,54,55)/t29-/m0/s1. The number of piperidine rings is 1. The van der Waals surface area contributed by atoms with E-state index < -0.39 is 29.3 Å². The fourth-order valence-corrected chi connectivity index (χ4v) is 9.51. The zero-order chi connectivity index (χ0) is 40.6. The minimum absolute atomic E-state index is 0.0176. The van der Waals surface area contributed by atoms with Crippen molar-refractivity contribution in [2.24, 2.45) is 5.92 Å². The summed E-state index contributed by atoms with van der Waals surface area (Å²) < 4.78 is 68.5. The maximum Gasteiger partial charge on any atom is 0.420 e. The van der Waals surface area contributed by atoms with Gasteiger partial charge in [-0.15, -0.1) is 11.3 Å². The maximum absolute atomic E-state index is 15.3. The summed E-state index contributed by atoms with van der Waals surface area (Å²) in [6.45, 7) is 5.76. The minimum Gasteiger partial charge on any atom is -0.493 e. The molecule has 0 spiro atoms. The van der Waals surface area contributed by atoms with Crippen molar-refractivity contribution in [1.29, 1.82) is 0 Å². The van der Waals surface area contributed by atoms with Crippen LogP contribution in [-0.4, -0.2) is 76.9 Å². The molecule has 8 rings (SSSR count). The zero-order valence-electron chi connectivity index (χ0n) is 32.2. The lowest BCUT2D eigenvalue weighted by Crippen LogP contribution is -2.36. The fraction of sp³-hybridized carbons (Fsp3) is 0.395. The number of aliphatic carboxylic acids is 1. The number of carboxylic acid groups (broad SMARTS) is 1. The molecule has 0 saturated carbocycles. The second-order valence-corrected chi connectivity index (χ2v) is 16.0. The summed E-state index contributed by atoms with van der Waals surface area (Å²) in [6.07, 6.45) is 2.36. The smallest absolute Gasteiger partial charge is 0.420 e. The van der Waals surface area contributed by atoms with Crippen LogP contribution in [0.25, 0.3) is 33.6 Å². The van der Waals surface area contributed by atoms with E-state index in [0.29, 0.717) is 80.2 Å². The van der Waals surface area contributed by atoms with Crippen molar-refractivity contribution in [2.75, 3.05) is 50.2 Å². The van der Waals surface area contributed by atoms with Crippen LogP contribution in [0.5, 0.6) is 5.75 Å². The Morgan fingerprint density at radius 3 is 2.57 bits per heavy atom. The molecule has 0 unspecified atom stereocenters. The van der Waals surface area contributed by atoms with E-state index in [1.807, 2.05) is 19.1 Å². The van der Waals surface area contributed by atoms with Gasteiger partial charge in [-0.05, 0) is 85.5 Å². The number of carboxylic acids is 1. The molecular weight excluding hydrogens is 773 g/mol. The highest BCUT2D eigenvalue weighted by Gasteiger charge is 2.37. The Labute approximate surface area is 337 Å². The number of anilines is 2. The van der Waals surface area contributed by atoms with Crippen LogP contribution >= 0.6 is 11.3 Å². The lowest BCUT2D eigenvalue weighted by Gasteiger charge is -2.30. The third-order valence-electron chi connectivity index (χ3n) is 11.5. The van der Waals surface area contributed by atoms with Crippen LogP contribution in [0.1, 0.15) is 59.7 Å². The number of aromatic nitrogens is 3. The van der Waals surface area contributed by atoms with Gasteiger partial charge in [-0.2, -0.15) is 13.2 Å². The molecule has 304 valence electrons. The number of nitrogens with zero attached hydrogens (tertiary/aromatic N) is 5. The zero-order valence-corrected chi connectivity index (χ0v) is 33.1. The molecular formula is C43H44F4N6O4S. The van der Waals surface area contributed by atoms with Gasteiger partial charge in [-0.3, -0.25) is 14.7 Å². The predicted octanol–water partition coefficient (Wildman–Crippen LogP) is 8.92. The van der Waals surface area contributed by atoms with Gasteiger partial charge in [0.05, 0.1) is 43.4 Å². The molecule has 1 aliphatic carbocycles. The SMILES string of the molecule is CCOC[C@@H]1CCCN1Cc1sc(NCc2ccc3c(c2-c2cnc(N4CCC(C(=O)O)CC4)cn2)Cc2ccccc2-3)nc1-c1cc(F)c(OC)c(C(F)(F)F)c1. The van der Waals surface area contributed by atoms with Crippen LogP contribution in [-0.2, 0) is 35.2 Å². The van der Waals surface area contributed by atoms with Gasteiger partial charge < -0.3 is 24.8 Å². The van der Waals surface area contributed by atoms with E-state index in [1.54, 1.807) is 12.4 Å². The second kappa shape index (κ2) is 16.6. The van der Waals surface area contributed by atoms with Crippen LogP contribution in [0.3, 0.4) is 0 Å². The molecule has 1 atom stereocenters. The normalized spacial score (nSPS) is 17.1. The summed E-state index contributed by atoms with van der Waals surface area (Å²) in [6, 6.07) is 14.6. The number of alkyl halides is 3. The van der Waals surface area contributed by atoms with E-state index in [2.05, 4.69) is 39.4 Å². The van der Waals surface area contributed by atoms with Crippen molar-refractivity contribution in [3.63, 3.8) is 0 Å².